The summed E-state index contributed by atoms with van der Waals surface area (Å²) in [6.07, 6.45) is 3.25. The maximum Gasteiger partial charge on any atom is 0.261 e. The van der Waals surface area contributed by atoms with Crippen molar-refractivity contribution in [2.75, 3.05) is 0 Å². The Morgan fingerprint density at radius 2 is 2.04 bits per heavy atom. The molecule has 0 radical (unpaired) electrons. The molecule has 25 heavy (non-hydrogen) atoms. The van der Waals surface area contributed by atoms with E-state index in [0.29, 0.717) is 10.6 Å². The minimum atomic E-state index is -0.308. The molecule has 4 nitrogen and oxygen atoms in total. The van der Waals surface area contributed by atoms with Gasteiger partial charge in [0.05, 0.1) is 22.8 Å². The van der Waals surface area contributed by atoms with E-state index in [1.54, 1.807) is 35.9 Å². The topological polar surface area (TPSA) is 54.9 Å². The Kier molecular flexibility index (Phi) is 4.25. The van der Waals surface area contributed by atoms with E-state index in [-0.39, 0.29) is 18.3 Å². The first-order valence-corrected chi connectivity index (χ1v) is 9.26. The first-order chi connectivity index (χ1) is 12.2. The molecule has 3 heterocycles. The van der Waals surface area contributed by atoms with Crippen molar-refractivity contribution in [1.82, 2.24) is 15.3 Å². The Bertz CT molecular complexity index is 1040. The molecule has 1 amide bonds. The van der Waals surface area contributed by atoms with Gasteiger partial charge in [0, 0.05) is 28.0 Å². The van der Waals surface area contributed by atoms with Gasteiger partial charge in [0.2, 0.25) is 0 Å². The summed E-state index contributed by atoms with van der Waals surface area (Å²) in [5.41, 5.74) is 2.46. The van der Waals surface area contributed by atoms with Crippen molar-refractivity contribution in [3.8, 4) is 11.3 Å². The zero-order valence-electron chi connectivity index (χ0n) is 12.9. The molecular formula is C18H12FN3OS2. The minimum Gasteiger partial charge on any atom is -0.346 e. The average molecular weight is 369 g/mol. The van der Waals surface area contributed by atoms with Crippen molar-refractivity contribution in [1.29, 1.82) is 0 Å². The molecule has 0 aliphatic carbocycles. The summed E-state index contributed by atoms with van der Waals surface area (Å²) in [5.74, 6) is -0.513. The molecule has 0 saturated carbocycles. The number of fused-ring (bicyclic) bond motifs is 1. The van der Waals surface area contributed by atoms with Crippen LogP contribution >= 0.6 is 22.7 Å². The number of aromatic nitrogens is 2. The molecule has 0 atom stereocenters. The first kappa shape index (κ1) is 15.9. The zero-order chi connectivity index (χ0) is 17.2. The van der Waals surface area contributed by atoms with Crippen LogP contribution in [0.15, 0.2) is 53.5 Å². The molecule has 4 rings (SSSR count). The molecule has 4 aromatic rings. The van der Waals surface area contributed by atoms with Gasteiger partial charge >= 0.3 is 0 Å². The summed E-state index contributed by atoms with van der Waals surface area (Å²) in [6, 6.07) is 8.19. The third kappa shape index (κ3) is 3.29. The van der Waals surface area contributed by atoms with E-state index in [2.05, 4.69) is 15.3 Å². The van der Waals surface area contributed by atoms with Crippen LogP contribution in [0.3, 0.4) is 0 Å². The molecule has 0 spiro atoms. The summed E-state index contributed by atoms with van der Waals surface area (Å²) in [6.45, 7) is 0.278. The lowest BCUT2D eigenvalue weighted by Crippen LogP contribution is -2.23. The second-order valence-electron chi connectivity index (χ2n) is 5.34. The lowest BCUT2D eigenvalue weighted by atomic mass is 10.2. The Balaban J connectivity index is 1.54. The average Bonchev–Trinajstić information content (AvgIpc) is 3.29. The third-order valence-electron chi connectivity index (χ3n) is 3.69. The van der Waals surface area contributed by atoms with E-state index in [1.165, 1.54) is 23.5 Å². The number of nitrogens with one attached hydrogen (secondary N) is 1. The second-order valence-corrected chi connectivity index (χ2v) is 7.20. The molecule has 0 bridgehead atoms. The van der Waals surface area contributed by atoms with Crippen LogP contribution in [-0.4, -0.2) is 15.9 Å². The highest BCUT2D eigenvalue weighted by atomic mass is 32.1. The van der Waals surface area contributed by atoms with Gasteiger partial charge in [-0.15, -0.1) is 11.3 Å². The Labute approximate surface area is 151 Å². The van der Waals surface area contributed by atoms with Crippen molar-refractivity contribution in [3.05, 3.63) is 69.9 Å². The van der Waals surface area contributed by atoms with Gasteiger partial charge in [0.1, 0.15) is 5.82 Å². The van der Waals surface area contributed by atoms with Crippen LogP contribution < -0.4 is 5.32 Å². The van der Waals surface area contributed by atoms with Crippen LogP contribution in [0.5, 0.6) is 0 Å². The molecule has 0 unspecified atom stereocenters. The number of hydrogen-bond acceptors (Lipinski definition) is 5. The molecular weight excluding hydrogens is 357 g/mol. The van der Waals surface area contributed by atoms with Crippen LogP contribution in [0.25, 0.3) is 21.3 Å². The van der Waals surface area contributed by atoms with Gasteiger partial charge < -0.3 is 5.32 Å². The number of hydrogen-bond donors (Lipinski definition) is 1. The van der Waals surface area contributed by atoms with Crippen molar-refractivity contribution in [2.24, 2.45) is 0 Å². The molecule has 3 aromatic heterocycles. The Morgan fingerprint density at radius 1 is 1.16 bits per heavy atom. The molecule has 7 heteroatoms. The van der Waals surface area contributed by atoms with Gasteiger partial charge in [-0.1, -0.05) is 0 Å². The second kappa shape index (κ2) is 6.70. The minimum absolute atomic E-state index is 0.205. The molecule has 0 aliphatic rings. The van der Waals surface area contributed by atoms with Crippen LogP contribution in [0, 0.1) is 5.82 Å². The summed E-state index contributed by atoms with van der Waals surface area (Å²) >= 11 is 2.92. The Hall–Kier alpha value is -2.64. The van der Waals surface area contributed by atoms with Crippen molar-refractivity contribution in [3.63, 3.8) is 0 Å². The third-order valence-corrected chi connectivity index (χ3v) is 5.49. The molecule has 1 aromatic carbocycles. The van der Waals surface area contributed by atoms with Gasteiger partial charge in [-0.25, -0.2) is 4.39 Å². The van der Waals surface area contributed by atoms with Gasteiger partial charge in [0.25, 0.3) is 5.91 Å². The van der Waals surface area contributed by atoms with E-state index < -0.39 is 0 Å². The summed E-state index contributed by atoms with van der Waals surface area (Å²) in [5, 5.41) is 7.57. The number of benzene rings is 1. The lowest BCUT2D eigenvalue weighted by molar-refractivity contribution is 0.0954. The van der Waals surface area contributed by atoms with Crippen molar-refractivity contribution < 1.29 is 9.18 Å². The molecule has 124 valence electrons. The SMILES string of the molecule is O=C(NCc1nccnc1-c1ccsc1)c1cc2cc(F)ccc2s1. The van der Waals surface area contributed by atoms with Crippen LogP contribution in [0.2, 0.25) is 0 Å². The molecule has 1 N–H and O–H groups in total. The predicted molar refractivity (Wildman–Crippen MR) is 98.3 cm³/mol. The van der Waals surface area contributed by atoms with Gasteiger partial charge in [-0.05, 0) is 41.1 Å². The smallest absolute Gasteiger partial charge is 0.261 e. The number of rotatable bonds is 4. The number of halogens is 1. The number of nitrogens with zero attached hydrogens (tertiary/aromatic N) is 2. The highest BCUT2D eigenvalue weighted by molar-refractivity contribution is 7.20. The number of amides is 1. The van der Waals surface area contributed by atoms with E-state index in [0.717, 1.165) is 21.3 Å². The standard InChI is InChI=1S/C18H12FN3OS2/c19-13-1-2-15-12(7-13)8-16(25-15)18(23)22-9-14-17(21-5-4-20-14)11-3-6-24-10-11/h1-8,10H,9H2,(H,22,23). The summed E-state index contributed by atoms with van der Waals surface area (Å²) in [4.78, 5) is 21.7. The van der Waals surface area contributed by atoms with Crippen molar-refractivity contribution >= 4 is 38.7 Å². The van der Waals surface area contributed by atoms with Crippen LogP contribution in [0.1, 0.15) is 15.4 Å². The van der Waals surface area contributed by atoms with E-state index in [4.69, 9.17) is 0 Å². The predicted octanol–water partition coefficient (Wildman–Crippen LogP) is 4.49. The summed E-state index contributed by atoms with van der Waals surface area (Å²) < 4.78 is 14.2. The van der Waals surface area contributed by atoms with Gasteiger partial charge in [0.15, 0.2) is 0 Å². The fraction of sp³-hybridized carbons (Fsp3) is 0.0556. The lowest BCUT2D eigenvalue weighted by Gasteiger charge is -2.07. The number of carbonyl (C=O) groups excluding carboxylic acids is 1. The highest BCUT2D eigenvalue weighted by Crippen LogP contribution is 2.26. The maximum absolute atomic E-state index is 13.3. The van der Waals surface area contributed by atoms with Gasteiger partial charge in [-0.3, -0.25) is 14.8 Å². The van der Waals surface area contributed by atoms with Gasteiger partial charge in [-0.2, -0.15) is 11.3 Å². The maximum atomic E-state index is 13.3. The van der Waals surface area contributed by atoms with Crippen molar-refractivity contribution in [2.45, 2.75) is 6.54 Å². The van der Waals surface area contributed by atoms with E-state index >= 15 is 0 Å². The first-order valence-electron chi connectivity index (χ1n) is 7.50. The summed E-state index contributed by atoms with van der Waals surface area (Å²) in [7, 11) is 0. The molecule has 0 saturated heterocycles. The fourth-order valence-electron chi connectivity index (χ4n) is 2.51. The highest BCUT2D eigenvalue weighted by Gasteiger charge is 2.13. The van der Waals surface area contributed by atoms with Crippen LogP contribution in [0.4, 0.5) is 4.39 Å². The van der Waals surface area contributed by atoms with E-state index in [1.807, 2.05) is 16.8 Å². The molecule has 0 fully saturated rings. The fourth-order valence-corrected chi connectivity index (χ4v) is 4.11. The Morgan fingerprint density at radius 3 is 2.88 bits per heavy atom. The molecule has 0 aliphatic heterocycles. The number of thiophene rings is 2. The van der Waals surface area contributed by atoms with Crippen LogP contribution in [-0.2, 0) is 6.54 Å². The van der Waals surface area contributed by atoms with E-state index in [9.17, 15) is 9.18 Å². The quantitative estimate of drug-likeness (QED) is 0.577. The monoisotopic (exact) mass is 369 g/mol. The largest absolute Gasteiger partial charge is 0.346 e. The zero-order valence-corrected chi connectivity index (χ0v) is 14.5. The number of carbonyl (C=O) groups is 1. The normalized spacial score (nSPS) is 10.9.